The number of rotatable bonds is 4. The molecule has 0 aliphatic carbocycles. The van der Waals surface area contributed by atoms with E-state index in [0.717, 1.165) is 34.1 Å². The molecule has 4 nitrogen and oxygen atoms in total. The fourth-order valence-electron chi connectivity index (χ4n) is 2.31. The number of nitrogens with zero attached hydrogens (tertiary/aromatic N) is 1. The van der Waals surface area contributed by atoms with Gasteiger partial charge in [-0.2, -0.15) is 0 Å². The van der Waals surface area contributed by atoms with E-state index >= 15 is 0 Å². The normalized spacial score (nSPS) is 10.5. The number of benzene rings is 2. The molecule has 0 aliphatic heterocycles. The van der Waals surface area contributed by atoms with E-state index in [1.54, 1.807) is 14.2 Å². The first-order chi connectivity index (χ1) is 10.7. The molecule has 2 aromatic carbocycles. The lowest BCUT2D eigenvalue weighted by molar-refractivity contribution is 0.414. The Morgan fingerprint density at radius 2 is 1.27 bits per heavy atom. The van der Waals surface area contributed by atoms with Crippen LogP contribution in [0.1, 0.15) is 5.89 Å². The van der Waals surface area contributed by atoms with Crippen LogP contribution in [0.2, 0.25) is 0 Å². The Morgan fingerprint density at radius 3 is 1.77 bits per heavy atom. The van der Waals surface area contributed by atoms with E-state index in [0.29, 0.717) is 5.89 Å². The zero-order valence-electron chi connectivity index (χ0n) is 12.8. The van der Waals surface area contributed by atoms with Crippen molar-refractivity contribution in [2.75, 3.05) is 14.2 Å². The van der Waals surface area contributed by atoms with Crippen LogP contribution in [0.3, 0.4) is 0 Å². The average molecular weight is 295 g/mol. The van der Waals surface area contributed by atoms with Crippen LogP contribution in [0.15, 0.2) is 52.9 Å². The van der Waals surface area contributed by atoms with E-state index in [1.165, 1.54) is 0 Å². The predicted octanol–water partition coefficient (Wildman–Crippen LogP) is 4.33. The standard InChI is InChI=1S/C18H17NO3/c1-12-19-17(13-4-8-15(20-2)9-5-13)18(22-12)14-6-10-16(21-3)11-7-14/h4-11H,1-3H3. The molecule has 3 aromatic rings. The Labute approximate surface area is 129 Å². The molecular weight excluding hydrogens is 278 g/mol. The zero-order chi connectivity index (χ0) is 15.5. The average Bonchev–Trinajstić information content (AvgIpc) is 2.97. The van der Waals surface area contributed by atoms with Gasteiger partial charge in [0, 0.05) is 18.1 Å². The summed E-state index contributed by atoms with van der Waals surface area (Å²) in [5.74, 6) is 3.02. The van der Waals surface area contributed by atoms with Gasteiger partial charge in [-0.05, 0) is 48.5 Å². The number of oxazole rings is 1. The fourth-order valence-corrected chi connectivity index (χ4v) is 2.31. The van der Waals surface area contributed by atoms with Crippen LogP contribution >= 0.6 is 0 Å². The summed E-state index contributed by atoms with van der Waals surface area (Å²) in [4.78, 5) is 4.52. The minimum Gasteiger partial charge on any atom is -0.497 e. The summed E-state index contributed by atoms with van der Waals surface area (Å²) in [6, 6.07) is 15.5. The highest BCUT2D eigenvalue weighted by Gasteiger charge is 2.15. The third-order valence-electron chi connectivity index (χ3n) is 3.45. The lowest BCUT2D eigenvalue weighted by Gasteiger charge is -2.04. The SMILES string of the molecule is COc1ccc(-c2nc(C)oc2-c2ccc(OC)cc2)cc1. The molecule has 0 N–H and O–H groups in total. The number of aromatic nitrogens is 1. The quantitative estimate of drug-likeness (QED) is 0.718. The minimum atomic E-state index is 0.636. The van der Waals surface area contributed by atoms with Crippen LogP contribution in [0, 0.1) is 6.92 Å². The maximum Gasteiger partial charge on any atom is 0.192 e. The Hall–Kier alpha value is -2.75. The molecule has 0 saturated carbocycles. The first-order valence-corrected chi connectivity index (χ1v) is 6.97. The van der Waals surface area contributed by atoms with Gasteiger partial charge in [0.05, 0.1) is 14.2 Å². The molecule has 3 rings (SSSR count). The van der Waals surface area contributed by atoms with Crippen molar-refractivity contribution in [2.45, 2.75) is 6.92 Å². The number of methoxy groups -OCH3 is 2. The molecule has 0 radical (unpaired) electrons. The predicted molar refractivity (Wildman–Crippen MR) is 85.2 cm³/mol. The monoisotopic (exact) mass is 295 g/mol. The number of hydrogen-bond donors (Lipinski definition) is 0. The van der Waals surface area contributed by atoms with Crippen molar-refractivity contribution in [1.29, 1.82) is 0 Å². The molecule has 0 aliphatic rings. The van der Waals surface area contributed by atoms with Gasteiger partial charge in [-0.25, -0.2) is 4.98 Å². The molecule has 22 heavy (non-hydrogen) atoms. The van der Waals surface area contributed by atoms with Crippen LogP contribution in [0.5, 0.6) is 11.5 Å². The van der Waals surface area contributed by atoms with Crippen molar-refractivity contribution in [3.8, 4) is 34.1 Å². The first kappa shape index (κ1) is 14.2. The summed E-state index contributed by atoms with van der Waals surface area (Å²) in [5, 5.41) is 0. The minimum absolute atomic E-state index is 0.636. The zero-order valence-corrected chi connectivity index (χ0v) is 12.8. The summed E-state index contributed by atoms with van der Waals surface area (Å²) in [6.45, 7) is 1.85. The van der Waals surface area contributed by atoms with Crippen LogP contribution in [0.4, 0.5) is 0 Å². The highest BCUT2D eigenvalue weighted by Crippen LogP contribution is 2.34. The van der Waals surface area contributed by atoms with E-state index in [2.05, 4.69) is 4.98 Å². The molecule has 0 amide bonds. The van der Waals surface area contributed by atoms with E-state index in [-0.39, 0.29) is 0 Å². The van der Waals surface area contributed by atoms with E-state index < -0.39 is 0 Å². The lowest BCUT2D eigenvalue weighted by Crippen LogP contribution is -1.86. The molecule has 0 saturated heterocycles. The Bertz CT molecular complexity index is 693. The van der Waals surface area contributed by atoms with Crippen molar-refractivity contribution < 1.29 is 13.9 Å². The third kappa shape index (κ3) is 2.68. The van der Waals surface area contributed by atoms with E-state index in [1.807, 2.05) is 55.5 Å². The Balaban J connectivity index is 2.04. The van der Waals surface area contributed by atoms with Crippen molar-refractivity contribution >= 4 is 0 Å². The van der Waals surface area contributed by atoms with Crippen molar-refractivity contribution in [1.82, 2.24) is 4.98 Å². The second-order valence-corrected chi connectivity index (χ2v) is 4.87. The summed E-state index contributed by atoms with van der Waals surface area (Å²) >= 11 is 0. The van der Waals surface area contributed by atoms with Crippen molar-refractivity contribution in [2.24, 2.45) is 0 Å². The summed E-state index contributed by atoms with van der Waals surface area (Å²) in [6.07, 6.45) is 0. The van der Waals surface area contributed by atoms with Crippen LogP contribution in [-0.2, 0) is 0 Å². The van der Waals surface area contributed by atoms with Gasteiger partial charge in [0.1, 0.15) is 17.2 Å². The molecule has 4 heteroatoms. The molecular formula is C18H17NO3. The second-order valence-electron chi connectivity index (χ2n) is 4.87. The van der Waals surface area contributed by atoms with Crippen molar-refractivity contribution in [3.05, 3.63) is 54.4 Å². The Morgan fingerprint density at radius 1 is 0.773 bits per heavy atom. The molecule has 0 spiro atoms. The smallest absolute Gasteiger partial charge is 0.192 e. The molecule has 1 heterocycles. The first-order valence-electron chi connectivity index (χ1n) is 6.97. The summed E-state index contributed by atoms with van der Waals surface area (Å²) in [5.41, 5.74) is 2.78. The number of hydrogen-bond acceptors (Lipinski definition) is 4. The maximum atomic E-state index is 5.80. The van der Waals surface area contributed by atoms with Crippen LogP contribution in [0.25, 0.3) is 22.6 Å². The van der Waals surface area contributed by atoms with Gasteiger partial charge in [-0.15, -0.1) is 0 Å². The maximum absolute atomic E-state index is 5.80. The molecule has 0 bridgehead atoms. The number of ether oxygens (including phenoxy) is 2. The highest BCUT2D eigenvalue weighted by atomic mass is 16.5. The number of aryl methyl sites for hydroxylation is 1. The van der Waals surface area contributed by atoms with Crippen LogP contribution in [-0.4, -0.2) is 19.2 Å². The van der Waals surface area contributed by atoms with Crippen molar-refractivity contribution in [3.63, 3.8) is 0 Å². The molecule has 112 valence electrons. The van der Waals surface area contributed by atoms with E-state index in [4.69, 9.17) is 13.9 Å². The van der Waals surface area contributed by atoms with Crippen LogP contribution < -0.4 is 9.47 Å². The van der Waals surface area contributed by atoms with Gasteiger partial charge >= 0.3 is 0 Å². The van der Waals surface area contributed by atoms with Gasteiger partial charge in [0.15, 0.2) is 11.7 Å². The van der Waals surface area contributed by atoms with Gasteiger partial charge in [0.25, 0.3) is 0 Å². The molecule has 0 fully saturated rings. The molecule has 0 unspecified atom stereocenters. The summed E-state index contributed by atoms with van der Waals surface area (Å²) < 4.78 is 16.2. The Kier molecular flexibility index (Phi) is 3.83. The largest absolute Gasteiger partial charge is 0.497 e. The molecule has 1 aromatic heterocycles. The van der Waals surface area contributed by atoms with Gasteiger partial charge in [-0.1, -0.05) is 0 Å². The van der Waals surface area contributed by atoms with Gasteiger partial charge in [0.2, 0.25) is 0 Å². The van der Waals surface area contributed by atoms with Gasteiger partial charge < -0.3 is 13.9 Å². The third-order valence-corrected chi connectivity index (χ3v) is 3.45. The lowest BCUT2D eigenvalue weighted by atomic mass is 10.1. The van der Waals surface area contributed by atoms with E-state index in [9.17, 15) is 0 Å². The second kappa shape index (κ2) is 5.93. The molecule has 0 atom stereocenters. The highest BCUT2D eigenvalue weighted by molar-refractivity contribution is 5.77. The van der Waals surface area contributed by atoms with Gasteiger partial charge in [-0.3, -0.25) is 0 Å². The summed E-state index contributed by atoms with van der Waals surface area (Å²) in [7, 11) is 3.30. The topological polar surface area (TPSA) is 44.5 Å². The fraction of sp³-hybridized carbons (Fsp3) is 0.167.